The largest absolute Gasteiger partial charge is 0.504 e. The highest BCUT2D eigenvalue weighted by atomic mass is 16.5. The average Bonchev–Trinajstić information content (AvgIpc) is 3.26. The van der Waals surface area contributed by atoms with Gasteiger partial charge in [-0.15, -0.1) is 0 Å². The van der Waals surface area contributed by atoms with Crippen LogP contribution in [0.25, 0.3) is 39.6 Å². The molecule has 5 rings (SSSR count). The number of aromatic hydroxyl groups is 1. The maximum absolute atomic E-state index is 11.0. The Hall–Kier alpha value is -4.31. The molecule has 162 valence electrons. The van der Waals surface area contributed by atoms with Gasteiger partial charge in [-0.25, -0.2) is 4.98 Å². The Morgan fingerprint density at radius 1 is 0.727 bits per heavy atom. The monoisotopic (exact) mass is 432 g/mol. The summed E-state index contributed by atoms with van der Waals surface area (Å²) in [7, 11) is 1.55. The molecule has 0 radical (unpaired) electrons. The zero-order chi connectivity index (χ0) is 22.8. The van der Waals surface area contributed by atoms with E-state index in [0.29, 0.717) is 17.1 Å². The molecule has 0 bridgehead atoms. The molecule has 0 saturated carbocycles. The first-order valence-corrected chi connectivity index (χ1v) is 10.8. The Kier molecular flexibility index (Phi) is 5.41. The summed E-state index contributed by atoms with van der Waals surface area (Å²) < 4.78 is 7.50. The van der Waals surface area contributed by atoms with Crippen molar-refractivity contribution in [3.8, 4) is 51.1 Å². The number of hydrogen-bond acceptors (Lipinski definition) is 3. The molecule has 0 aliphatic heterocycles. The topological polar surface area (TPSA) is 47.3 Å². The van der Waals surface area contributed by atoms with Crippen LogP contribution < -0.4 is 4.74 Å². The number of aromatic nitrogens is 2. The van der Waals surface area contributed by atoms with Crippen LogP contribution in [0.1, 0.15) is 5.56 Å². The molecule has 1 N–H and O–H groups in total. The number of aryl methyl sites for hydroxylation is 1. The van der Waals surface area contributed by atoms with E-state index in [-0.39, 0.29) is 5.75 Å². The number of ether oxygens (including phenoxy) is 1. The fraction of sp³-hybridized carbons (Fsp3) is 0.0690. The average molecular weight is 433 g/mol. The summed E-state index contributed by atoms with van der Waals surface area (Å²) >= 11 is 0. The lowest BCUT2D eigenvalue weighted by molar-refractivity contribution is 0.374. The lowest BCUT2D eigenvalue weighted by Gasteiger charge is -2.15. The molecule has 0 atom stereocenters. The summed E-state index contributed by atoms with van der Waals surface area (Å²) in [4.78, 5) is 5.11. The molecule has 5 aromatic rings. The molecular formula is C29H24N2O2. The number of imidazole rings is 1. The van der Waals surface area contributed by atoms with Crippen LogP contribution in [0.2, 0.25) is 0 Å². The van der Waals surface area contributed by atoms with Crippen LogP contribution in [0, 0.1) is 6.92 Å². The molecule has 4 nitrogen and oxygen atoms in total. The summed E-state index contributed by atoms with van der Waals surface area (Å²) in [6.07, 6.45) is 0. The summed E-state index contributed by atoms with van der Waals surface area (Å²) in [6, 6.07) is 34.2. The number of rotatable bonds is 5. The number of benzene rings is 4. The first-order chi connectivity index (χ1) is 16.2. The molecule has 0 spiro atoms. The normalized spacial score (nSPS) is 10.8. The first kappa shape index (κ1) is 20.6. The van der Waals surface area contributed by atoms with Gasteiger partial charge < -0.3 is 9.84 Å². The van der Waals surface area contributed by atoms with E-state index >= 15 is 0 Å². The minimum Gasteiger partial charge on any atom is -0.504 e. The molecule has 0 amide bonds. The van der Waals surface area contributed by atoms with Gasteiger partial charge in [0.2, 0.25) is 0 Å². The molecular weight excluding hydrogens is 408 g/mol. The zero-order valence-corrected chi connectivity index (χ0v) is 18.6. The second kappa shape index (κ2) is 8.67. The Morgan fingerprint density at radius 2 is 1.36 bits per heavy atom. The number of phenolic OH excluding ortho intramolecular Hbond substituents is 1. The van der Waals surface area contributed by atoms with Gasteiger partial charge in [0.15, 0.2) is 11.5 Å². The highest BCUT2D eigenvalue weighted by Gasteiger charge is 2.24. The summed E-state index contributed by atoms with van der Waals surface area (Å²) in [5.41, 5.74) is 6.60. The van der Waals surface area contributed by atoms with Crippen molar-refractivity contribution in [2.24, 2.45) is 0 Å². The van der Waals surface area contributed by atoms with Gasteiger partial charge in [-0.1, -0.05) is 84.4 Å². The third-order valence-corrected chi connectivity index (χ3v) is 5.72. The Labute approximate surface area is 193 Å². The van der Waals surface area contributed by atoms with Gasteiger partial charge in [0.25, 0.3) is 0 Å². The summed E-state index contributed by atoms with van der Waals surface area (Å²) in [6.45, 7) is 2.07. The van der Waals surface area contributed by atoms with Crippen LogP contribution in [-0.2, 0) is 0 Å². The van der Waals surface area contributed by atoms with Crippen LogP contribution in [0.4, 0.5) is 0 Å². The fourth-order valence-electron chi connectivity index (χ4n) is 4.07. The van der Waals surface area contributed by atoms with Crippen molar-refractivity contribution in [2.75, 3.05) is 7.11 Å². The van der Waals surface area contributed by atoms with Gasteiger partial charge in [0.05, 0.1) is 24.1 Å². The van der Waals surface area contributed by atoms with Gasteiger partial charge in [0, 0.05) is 16.8 Å². The van der Waals surface area contributed by atoms with E-state index in [9.17, 15) is 5.11 Å². The predicted molar refractivity (Wildman–Crippen MR) is 133 cm³/mol. The Balaban J connectivity index is 1.90. The molecule has 4 aromatic carbocycles. The van der Waals surface area contributed by atoms with Gasteiger partial charge in [-0.3, -0.25) is 4.57 Å². The highest BCUT2D eigenvalue weighted by Crippen LogP contribution is 2.42. The van der Waals surface area contributed by atoms with Gasteiger partial charge in [-0.05, 0) is 31.2 Å². The maximum atomic E-state index is 11.0. The van der Waals surface area contributed by atoms with E-state index in [1.807, 2.05) is 48.5 Å². The van der Waals surface area contributed by atoms with Gasteiger partial charge in [-0.2, -0.15) is 0 Å². The Bertz CT molecular complexity index is 1390. The van der Waals surface area contributed by atoms with Crippen molar-refractivity contribution in [1.29, 1.82) is 0 Å². The third kappa shape index (κ3) is 3.76. The number of para-hydroxylation sites is 1. The van der Waals surface area contributed by atoms with E-state index in [1.165, 1.54) is 5.56 Å². The summed E-state index contributed by atoms with van der Waals surface area (Å²) in [5.74, 6) is 1.12. The molecule has 33 heavy (non-hydrogen) atoms. The predicted octanol–water partition coefficient (Wildman–Crippen LogP) is 6.90. The van der Waals surface area contributed by atoms with E-state index in [1.54, 1.807) is 13.2 Å². The second-order valence-corrected chi connectivity index (χ2v) is 7.89. The van der Waals surface area contributed by atoms with E-state index in [2.05, 4.69) is 60.0 Å². The summed E-state index contributed by atoms with van der Waals surface area (Å²) in [5, 5.41) is 11.0. The quantitative estimate of drug-likeness (QED) is 0.329. The minimum atomic E-state index is 0.0672. The number of methoxy groups -OCH3 is 1. The lowest BCUT2D eigenvalue weighted by Crippen LogP contribution is -2.01. The number of phenols is 1. The van der Waals surface area contributed by atoms with Crippen molar-refractivity contribution < 1.29 is 9.84 Å². The van der Waals surface area contributed by atoms with Crippen molar-refractivity contribution in [1.82, 2.24) is 9.55 Å². The number of hydrogen-bond donors (Lipinski definition) is 1. The molecule has 1 heterocycles. The van der Waals surface area contributed by atoms with E-state index in [4.69, 9.17) is 9.72 Å². The molecule has 1 aromatic heterocycles. The smallest absolute Gasteiger partial charge is 0.168 e. The lowest BCUT2D eigenvalue weighted by atomic mass is 10.0. The maximum Gasteiger partial charge on any atom is 0.168 e. The van der Waals surface area contributed by atoms with Crippen LogP contribution >= 0.6 is 0 Å². The van der Waals surface area contributed by atoms with Crippen molar-refractivity contribution >= 4 is 0 Å². The molecule has 0 saturated heterocycles. The van der Waals surface area contributed by atoms with Crippen molar-refractivity contribution in [3.05, 3.63) is 109 Å². The third-order valence-electron chi connectivity index (χ3n) is 5.72. The molecule has 0 aliphatic rings. The van der Waals surface area contributed by atoms with E-state index < -0.39 is 0 Å². The molecule has 0 unspecified atom stereocenters. The highest BCUT2D eigenvalue weighted by molar-refractivity contribution is 5.85. The van der Waals surface area contributed by atoms with Crippen LogP contribution in [0.3, 0.4) is 0 Å². The van der Waals surface area contributed by atoms with Gasteiger partial charge in [0.1, 0.15) is 5.82 Å². The van der Waals surface area contributed by atoms with Crippen molar-refractivity contribution in [2.45, 2.75) is 6.92 Å². The second-order valence-electron chi connectivity index (χ2n) is 7.89. The molecule has 0 fully saturated rings. The first-order valence-electron chi connectivity index (χ1n) is 10.8. The zero-order valence-electron chi connectivity index (χ0n) is 18.6. The van der Waals surface area contributed by atoms with Gasteiger partial charge >= 0.3 is 0 Å². The Morgan fingerprint density at radius 3 is 2.00 bits per heavy atom. The molecule has 0 aliphatic carbocycles. The molecule has 4 heteroatoms. The number of nitrogens with zero attached hydrogens (tertiary/aromatic N) is 2. The standard InChI is InChI=1S/C29H24N2O2/c1-20-16-18-23(19-17-20)31-27(22-12-7-4-8-13-22)26(21-10-5-3-6-11-21)30-29(31)24-14-9-15-25(33-2)28(24)32/h3-19,32H,1-2H3. The minimum absolute atomic E-state index is 0.0672. The van der Waals surface area contributed by atoms with Crippen LogP contribution in [0.15, 0.2) is 103 Å². The van der Waals surface area contributed by atoms with Crippen LogP contribution in [-0.4, -0.2) is 21.8 Å². The van der Waals surface area contributed by atoms with Crippen LogP contribution in [0.5, 0.6) is 11.5 Å². The fourth-order valence-corrected chi connectivity index (χ4v) is 4.07. The van der Waals surface area contributed by atoms with Crippen molar-refractivity contribution in [3.63, 3.8) is 0 Å². The van der Waals surface area contributed by atoms with E-state index in [0.717, 1.165) is 28.2 Å². The SMILES string of the molecule is COc1cccc(-c2nc(-c3ccccc3)c(-c3ccccc3)n2-c2ccc(C)cc2)c1O.